The van der Waals surface area contributed by atoms with Crippen LogP contribution in [0.15, 0.2) is 18.3 Å². The molecule has 5 nitrogen and oxygen atoms in total. The molecule has 0 amide bonds. The highest BCUT2D eigenvalue weighted by Gasteiger charge is 2.23. The van der Waals surface area contributed by atoms with Crippen molar-refractivity contribution in [1.82, 2.24) is 4.98 Å². The molecule has 2 atom stereocenters. The van der Waals surface area contributed by atoms with E-state index in [1.54, 1.807) is 6.20 Å². The summed E-state index contributed by atoms with van der Waals surface area (Å²) in [5.41, 5.74) is 6.93. The molecular weight excluding hydrogens is 216 g/mol. The van der Waals surface area contributed by atoms with E-state index in [9.17, 15) is 0 Å². The molecule has 1 fully saturated rings. The highest BCUT2D eigenvalue weighted by atomic mass is 16.5. The zero-order valence-corrected chi connectivity index (χ0v) is 9.84. The quantitative estimate of drug-likeness (QED) is 0.817. The second-order valence-electron chi connectivity index (χ2n) is 4.14. The predicted molar refractivity (Wildman–Crippen MR) is 64.4 cm³/mol. The molecule has 0 radical (unpaired) electrons. The number of hydrogen-bond acceptors (Lipinski definition) is 5. The molecule has 1 aliphatic rings. The second-order valence-corrected chi connectivity index (χ2v) is 4.14. The van der Waals surface area contributed by atoms with Crippen LogP contribution in [0.5, 0.6) is 0 Å². The summed E-state index contributed by atoms with van der Waals surface area (Å²) in [7, 11) is 0. The molecule has 90 valence electrons. The molecule has 0 spiro atoms. The van der Waals surface area contributed by atoms with Crippen LogP contribution in [0.4, 0.5) is 5.82 Å². The maximum absolute atomic E-state index is 8.89. The van der Waals surface area contributed by atoms with Crippen LogP contribution in [0.25, 0.3) is 0 Å². The molecule has 0 aliphatic carbocycles. The highest BCUT2D eigenvalue weighted by Crippen LogP contribution is 2.23. The highest BCUT2D eigenvalue weighted by molar-refractivity contribution is 5.48. The van der Waals surface area contributed by atoms with Crippen molar-refractivity contribution in [2.75, 3.05) is 24.6 Å². The van der Waals surface area contributed by atoms with Crippen LogP contribution < -0.4 is 10.6 Å². The van der Waals surface area contributed by atoms with Crippen molar-refractivity contribution in [3.63, 3.8) is 0 Å². The number of hydrogen-bond donors (Lipinski definition) is 1. The average molecular weight is 232 g/mol. The number of morpholine rings is 1. The molecule has 1 aromatic rings. The summed E-state index contributed by atoms with van der Waals surface area (Å²) < 4.78 is 5.32. The molecule has 2 heterocycles. The summed E-state index contributed by atoms with van der Waals surface area (Å²) in [6.07, 6.45) is 1.37. The first-order valence-corrected chi connectivity index (χ1v) is 5.69. The number of nitrogens with two attached hydrogens (primary N) is 1. The lowest BCUT2D eigenvalue weighted by atomic mass is 10.1. The predicted octanol–water partition coefficient (Wildman–Crippen LogP) is 0.830. The molecule has 2 N–H and O–H groups in total. The van der Waals surface area contributed by atoms with Crippen LogP contribution >= 0.6 is 0 Å². The molecule has 5 heteroatoms. The van der Waals surface area contributed by atoms with Crippen molar-refractivity contribution < 1.29 is 4.74 Å². The SMILES string of the molecule is C[C@@H](N)c1cccnc1N1CCOC(C#N)C1. The molecular formula is C12H16N4O. The van der Waals surface area contributed by atoms with Gasteiger partial charge in [0.2, 0.25) is 0 Å². The van der Waals surface area contributed by atoms with Gasteiger partial charge in [0.05, 0.1) is 19.2 Å². The van der Waals surface area contributed by atoms with Gasteiger partial charge in [-0.15, -0.1) is 0 Å². The Kier molecular flexibility index (Phi) is 3.57. The van der Waals surface area contributed by atoms with E-state index in [2.05, 4.69) is 16.0 Å². The first kappa shape index (κ1) is 11.8. The third kappa shape index (κ3) is 2.54. The Balaban J connectivity index is 2.25. The van der Waals surface area contributed by atoms with E-state index in [4.69, 9.17) is 15.7 Å². The monoisotopic (exact) mass is 232 g/mol. The molecule has 1 aromatic heterocycles. The Labute approximate surface area is 101 Å². The lowest BCUT2D eigenvalue weighted by Gasteiger charge is -2.32. The van der Waals surface area contributed by atoms with Gasteiger partial charge in [0.15, 0.2) is 6.10 Å². The first-order chi connectivity index (χ1) is 8.22. The number of anilines is 1. The molecule has 0 saturated carbocycles. The first-order valence-electron chi connectivity index (χ1n) is 5.69. The minimum absolute atomic E-state index is 0.0675. The fourth-order valence-corrected chi connectivity index (χ4v) is 1.95. The Bertz CT molecular complexity index is 427. The topological polar surface area (TPSA) is 75.2 Å². The minimum atomic E-state index is -0.383. The fraction of sp³-hybridized carbons (Fsp3) is 0.500. The number of nitriles is 1. The van der Waals surface area contributed by atoms with Crippen molar-refractivity contribution >= 4 is 5.82 Å². The second kappa shape index (κ2) is 5.13. The van der Waals surface area contributed by atoms with Crippen LogP contribution in [0, 0.1) is 11.3 Å². The third-order valence-corrected chi connectivity index (χ3v) is 2.82. The summed E-state index contributed by atoms with van der Waals surface area (Å²) in [6.45, 7) is 3.78. The van der Waals surface area contributed by atoms with Gasteiger partial charge in [-0.3, -0.25) is 0 Å². The van der Waals surface area contributed by atoms with Gasteiger partial charge < -0.3 is 15.4 Å². The minimum Gasteiger partial charge on any atom is -0.360 e. The fourth-order valence-electron chi connectivity index (χ4n) is 1.95. The van der Waals surface area contributed by atoms with Crippen molar-refractivity contribution in [2.45, 2.75) is 19.1 Å². The van der Waals surface area contributed by atoms with Crippen LogP contribution in [0.1, 0.15) is 18.5 Å². The zero-order chi connectivity index (χ0) is 12.3. The van der Waals surface area contributed by atoms with Crippen molar-refractivity contribution in [3.05, 3.63) is 23.9 Å². The van der Waals surface area contributed by atoms with Gasteiger partial charge in [-0.1, -0.05) is 6.07 Å². The molecule has 0 bridgehead atoms. The maximum atomic E-state index is 8.89. The normalized spacial score (nSPS) is 21.9. The maximum Gasteiger partial charge on any atom is 0.161 e. The van der Waals surface area contributed by atoms with Crippen LogP contribution in [-0.4, -0.2) is 30.8 Å². The molecule has 1 aliphatic heterocycles. The van der Waals surface area contributed by atoms with Gasteiger partial charge in [0.1, 0.15) is 5.82 Å². The average Bonchev–Trinajstić information content (AvgIpc) is 2.39. The largest absolute Gasteiger partial charge is 0.360 e. The summed E-state index contributed by atoms with van der Waals surface area (Å²) in [6, 6.07) is 5.92. The lowest BCUT2D eigenvalue weighted by molar-refractivity contribution is 0.0760. The van der Waals surface area contributed by atoms with E-state index in [0.717, 1.165) is 17.9 Å². The van der Waals surface area contributed by atoms with Gasteiger partial charge in [-0.2, -0.15) is 5.26 Å². The van der Waals surface area contributed by atoms with Gasteiger partial charge in [-0.05, 0) is 13.0 Å². The van der Waals surface area contributed by atoms with Crippen LogP contribution in [0.3, 0.4) is 0 Å². The van der Waals surface area contributed by atoms with Crippen LogP contribution in [0.2, 0.25) is 0 Å². The molecule has 17 heavy (non-hydrogen) atoms. The number of rotatable bonds is 2. The Morgan fingerprint density at radius 2 is 2.53 bits per heavy atom. The van der Waals surface area contributed by atoms with Crippen molar-refractivity contribution in [2.24, 2.45) is 5.73 Å². The molecule has 1 saturated heterocycles. The summed E-state index contributed by atoms with van der Waals surface area (Å²) in [4.78, 5) is 6.44. The zero-order valence-electron chi connectivity index (χ0n) is 9.84. The smallest absolute Gasteiger partial charge is 0.161 e. The van der Waals surface area contributed by atoms with Gasteiger partial charge in [-0.25, -0.2) is 4.98 Å². The number of ether oxygens (including phenoxy) is 1. The van der Waals surface area contributed by atoms with Crippen molar-refractivity contribution in [3.8, 4) is 6.07 Å². The number of nitrogens with zero attached hydrogens (tertiary/aromatic N) is 3. The Morgan fingerprint density at radius 1 is 1.71 bits per heavy atom. The number of pyridine rings is 1. The summed E-state index contributed by atoms with van der Waals surface area (Å²) in [5, 5.41) is 8.89. The van der Waals surface area contributed by atoms with E-state index in [1.807, 2.05) is 19.1 Å². The molecule has 1 unspecified atom stereocenters. The van der Waals surface area contributed by atoms with E-state index in [0.29, 0.717) is 13.2 Å². The van der Waals surface area contributed by atoms with Crippen molar-refractivity contribution in [1.29, 1.82) is 5.26 Å². The Morgan fingerprint density at radius 3 is 3.24 bits per heavy atom. The van der Waals surface area contributed by atoms with Gasteiger partial charge >= 0.3 is 0 Å². The summed E-state index contributed by atoms with van der Waals surface area (Å²) in [5.74, 6) is 0.867. The summed E-state index contributed by atoms with van der Waals surface area (Å²) >= 11 is 0. The Hall–Kier alpha value is -1.64. The number of aromatic nitrogens is 1. The lowest BCUT2D eigenvalue weighted by Crippen LogP contribution is -2.42. The third-order valence-electron chi connectivity index (χ3n) is 2.82. The molecule has 0 aromatic carbocycles. The standard InChI is InChI=1S/C12H16N4O/c1-9(14)11-3-2-4-15-12(11)16-5-6-17-10(7-13)8-16/h2-4,9-10H,5-6,8,14H2,1H3/t9-,10?/m1/s1. The van der Waals surface area contributed by atoms with Gasteiger partial charge in [0, 0.05) is 24.3 Å². The van der Waals surface area contributed by atoms with E-state index < -0.39 is 0 Å². The van der Waals surface area contributed by atoms with E-state index in [-0.39, 0.29) is 12.1 Å². The molecule has 2 rings (SSSR count). The van der Waals surface area contributed by atoms with Crippen LogP contribution in [-0.2, 0) is 4.74 Å². The van der Waals surface area contributed by atoms with E-state index in [1.165, 1.54) is 0 Å². The van der Waals surface area contributed by atoms with E-state index >= 15 is 0 Å². The van der Waals surface area contributed by atoms with Gasteiger partial charge in [0.25, 0.3) is 0 Å².